The lowest BCUT2D eigenvalue weighted by molar-refractivity contribution is 0.0110. The largest absolute Gasteiger partial charge is 0.394 e. The number of halogens is 1. The van der Waals surface area contributed by atoms with Gasteiger partial charge in [0.25, 0.3) is 0 Å². The van der Waals surface area contributed by atoms with E-state index in [-0.39, 0.29) is 12.1 Å². The van der Waals surface area contributed by atoms with Crippen LogP contribution in [0.4, 0.5) is 0 Å². The first-order valence-corrected chi connectivity index (χ1v) is 6.58. The zero-order chi connectivity index (χ0) is 12.1. The number of aliphatic hydroxyl groups is 1. The normalized spacial score (nSPS) is 19.2. The number of pyridine rings is 1. The molecular weight excluding hydrogens is 284 g/mol. The highest BCUT2D eigenvalue weighted by Crippen LogP contribution is 2.20. The first-order chi connectivity index (χ1) is 8.24. The standard InChI is InChI=1S/C12H17BrN2O2/c13-11-3-1-2-10(15-11)8-14-12(9-16)4-6-17-7-5-12/h1-3,14,16H,4-9H2. The van der Waals surface area contributed by atoms with Gasteiger partial charge in [-0.1, -0.05) is 6.07 Å². The third-order valence-electron chi connectivity index (χ3n) is 3.17. The van der Waals surface area contributed by atoms with E-state index in [0.717, 1.165) is 23.1 Å². The fraction of sp³-hybridized carbons (Fsp3) is 0.583. The van der Waals surface area contributed by atoms with Crippen molar-refractivity contribution in [3.63, 3.8) is 0 Å². The molecule has 1 saturated heterocycles. The maximum atomic E-state index is 9.53. The van der Waals surface area contributed by atoms with E-state index in [1.807, 2.05) is 18.2 Å². The number of nitrogens with zero attached hydrogens (tertiary/aromatic N) is 1. The van der Waals surface area contributed by atoms with Gasteiger partial charge in [-0.05, 0) is 40.9 Å². The summed E-state index contributed by atoms with van der Waals surface area (Å²) >= 11 is 3.35. The van der Waals surface area contributed by atoms with E-state index < -0.39 is 0 Å². The Kier molecular flexibility index (Phi) is 4.50. The summed E-state index contributed by atoms with van der Waals surface area (Å²) < 4.78 is 6.16. The number of aliphatic hydroxyl groups excluding tert-OH is 1. The van der Waals surface area contributed by atoms with Crippen molar-refractivity contribution in [2.24, 2.45) is 0 Å². The second-order valence-electron chi connectivity index (χ2n) is 4.36. The Morgan fingerprint density at radius 1 is 1.41 bits per heavy atom. The summed E-state index contributed by atoms with van der Waals surface area (Å²) in [5.41, 5.74) is 0.765. The highest BCUT2D eigenvalue weighted by atomic mass is 79.9. The lowest BCUT2D eigenvalue weighted by atomic mass is 9.91. The predicted octanol–water partition coefficient (Wildman–Crippen LogP) is 1.48. The third kappa shape index (κ3) is 3.48. The summed E-state index contributed by atoms with van der Waals surface area (Å²) in [5.74, 6) is 0. The Morgan fingerprint density at radius 2 is 2.18 bits per heavy atom. The van der Waals surface area contributed by atoms with E-state index in [0.29, 0.717) is 19.8 Å². The Bertz CT molecular complexity index is 367. The zero-order valence-corrected chi connectivity index (χ0v) is 11.2. The quantitative estimate of drug-likeness (QED) is 0.827. The van der Waals surface area contributed by atoms with E-state index in [1.165, 1.54) is 0 Å². The van der Waals surface area contributed by atoms with Gasteiger partial charge >= 0.3 is 0 Å². The van der Waals surface area contributed by atoms with Crippen molar-refractivity contribution in [3.8, 4) is 0 Å². The maximum Gasteiger partial charge on any atom is 0.106 e. The number of rotatable bonds is 4. The highest BCUT2D eigenvalue weighted by molar-refractivity contribution is 9.10. The number of hydrogen-bond donors (Lipinski definition) is 2. The van der Waals surface area contributed by atoms with Gasteiger partial charge in [0, 0.05) is 25.3 Å². The van der Waals surface area contributed by atoms with Crippen LogP contribution < -0.4 is 5.32 Å². The molecule has 0 bridgehead atoms. The van der Waals surface area contributed by atoms with E-state index in [4.69, 9.17) is 4.74 Å². The molecule has 4 nitrogen and oxygen atoms in total. The molecule has 0 atom stereocenters. The molecule has 17 heavy (non-hydrogen) atoms. The van der Waals surface area contributed by atoms with Crippen LogP contribution in [0.25, 0.3) is 0 Å². The van der Waals surface area contributed by atoms with Gasteiger partial charge in [0.05, 0.1) is 12.3 Å². The van der Waals surface area contributed by atoms with Crippen LogP contribution in [0.1, 0.15) is 18.5 Å². The average Bonchev–Trinajstić information content (AvgIpc) is 2.38. The van der Waals surface area contributed by atoms with Crippen molar-refractivity contribution in [2.75, 3.05) is 19.8 Å². The molecule has 1 aliphatic heterocycles. The average molecular weight is 301 g/mol. The molecule has 2 heterocycles. The molecule has 1 aliphatic rings. The minimum Gasteiger partial charge on any atom is -0.394 e. The van der Waals surface area contributed by atoms with E-state index in [2.05, 4.69) is 26.2 Å². The molecule has 0 saturated carbocycles. The van der Waals surface area contributed by atoms with Crippen molar-refractivity contribution < 1.29 is 9.84 Å². The molecule has 1 aromatic rings. The van der Waals surface area contributed by atoms with Crippen LogP contribution in [0.5, 0.6) is 0 Å². The van der Waals surface area contributed by atoms with Crippen molar-refractivity contribution in [1.29, 1.82) is 0 Å². The van der Waals surface area contributed by atoms with Crippen LogP contribution >= 0.6 is 15.9 Å². The summed E-state index contributed by atoms with van der Waals surface area (Å²) in [4.78, 5) is 4.36. The summed E-state index contributed by atoms with van der Waals surface area (Å²) in [7, 11) is 0. The van der Waals surface area contributed by atoms with Gasteiger partial charge < -0.3 is 15.2 Å². The van der Waals surface area contributed by atoms with Gasteiger partial charge in [-0.15, -0.1) is 0 Å². The molecule has 1 fully saturated rings. The van der Waals surface area contributed by atoms with Gasteiger partial charge in [-0.2, -0.15) is 0 Å². The summed E-state index contributed by atoms with van der Waals surface area (Å²) in [6.45, 7) is 2.23. The molecule has 0 radical (unpaired) electrons. The lowest BCUT2D eigenvalue weighted by Gasteiger charge is -2.36. The fourth-order valence-corrected chi connectivity index (χ4v) is 2.36. The van der Waals surface area contributed by atoms with Gasteiger partial charge in [0.1, 0.15) is 4.60 Å². The third-order valence-corrected chi connectivity index (χ3v) is 3.61. The topological polar surface area (TPSA) is 54.4 Å². The maximum absolute atomic E-state index is 9.53. The van der Waals surface area contributed by atoms with Crippen molar-refractivity contribution in [1.82, 2.24) is 10.3 Å². The molecule has 5 heteroatoms. The van der Waals surface area contributed by atoms with Crippen LogP contribution in [-0.2, 0) is 11.3 Å². The first-order valence-electron chi connectivity index (χ1n) is 5.79. The number of ether oxygens (including phenoxy) is 1. The molecule has 0 aliphatic carbocycles. The second kappa shape index (κ2) is 5.91. The smallest absolute Gasteiger partial charge is 0.106 e. The van der Waals surface area contributed by atoms with Crippen molar-refractivity contribution >= 4 is 15.9 Å². The van der Waals surface area contributed by atoms with Crippen molar-refractivity contribution in [2.45, 2.75) is 24.9 Å². The fourth-order valence-electron chi connectivity index (χ4n) is 1.98. The Labute approximate surface area is 110 Å². The van der Waals surface area contributed by atoms with E-state index in [9.17, 15) is 5.11 Å². The zero-order valence-electron chi connectivity index (χ0n) is 9.66. The number of aromatic nitrogens is 1. The molecule has 0 unspecified atom stereocenters. The second-order valence-corrected chi connectivity index (χ2v) is 5.17. The van der Waals surface area contributed by atoms with E-state index >= 15 is 0 Å². The Morgan fingerprint density at radius 3 is 2.82 bits per heavy atom. The highest BCUT2D eigenvalue weighted by Gasteiger charge is 2.31. The number of nitrogens with one attached hydrogen (secondary N) is 1. The Balaban J connectivity index is 1.95. The van der Waals surface area contributed by atoms with Crippen LogP contribution in [-0.4, -0.2) is 35.5 Å². The van der Waals surface area contributed by atoms with Crippen LogP contribution in [0.3, 0.4) is 0 Å². The summed E-state index contributed by atoms with van der Waals surface area (Å²) in [6, 6.07) is 5.84. The molecule has 0 aromatic carbocycles. The minimum atomic E-state index is -0.206. The van der Waals surface area contributed by atoms with Crippen LogP contribution in [0.2, 0.25) is 0 Å². The van der Waals surface area contributed by atoms with Gasteiger partial charge in [-0.25, -0.2) is 4.98 Å². The molecule has 1 aromatic heterocycles. The summed E-state index contributed by atoms with van der Waals surface area (Å²) in [5, 5.41) is 12.9. The monoisotopic (exact) mass is 300 g/mol. The minimum absolute atomic E-state index is 0.143. The van der Waals surface area contributed by atoms with Gasteiger partial charge in [-0.3, -0.25) is 0 Å². The Hall–Kier alpha value is -0.490. The van der Waals surface area contributed by atoms with Crippen LogP contribution in [0, 0.1) is 0 Å². The molecule has 0 spiro atoms. The number of hydrogen-bond acceptors (Lipinski definition) is 4. The van der Waals surface area contributed by atoms with E-state index in [1.54, 1.807) is 0 Å². The van der Waals surface area contributed by atoms with Gasteiger partial charge in [0.2, 0.25) is 0 Å². The van der Waals surface area contributed by atoms with Crippen LogP contribution in [0.15, 0.2) is 22.8 Å². The molecule has 2 rings (SSSR count). The predicted molar refractivity (Wildman–Crippen MR) is 68.6 cm³/mol. The molecule has 94 valence electrons. The molecular formula is C12H17BrN2O2. The first kappa shape index (κ1) is 13.0. The molecule has 0 amide bonds. The van der Waals surface area contributed by atoms with Gasteiger partial charge in [0.15, 0.2) is 0 Å². The summed E-state index contributed by atoms with van der Waals surface area (Å²) in [6.07, 6.45) is 1.69. The van der Waals surface area contributed by atoms with Crippen molar-refractivity contribution in [3.05, 3.63) is 28.5 Å². The SMILES string of the molecule is OCC1(NCc2cccc(Br)n2)CCOCC1. The molecule has 2 N–H and O–H groups in total. The lowest BCUT2D eigenvalue weighted by Crippen LogP contribution is -2.51.